The third-order valence-electron chi connectivity index (χ3n) is 3.44. The first kappa shape index (κ1) is 15.8. The highest BCUT2D eigenvalue weighted by Crippen LogP contribution is 2.30. The minimum absolute atomic E-state index is 0.0898. The number of anilines is 2. The summed E-state index contributed by atoms with van der Waals surface area (Å²) in [5, 5.41) is 2.91. The second-order valence-electron chi connectivity index (χ2n) is 4.85. The van der Waals surface area contributed by atoms with Crippen LogP contribution in [0.1, 0.15) is 25.5 Å². The van der Waals surface area contributed by atoms with Crippen LogP contribution in [0.2, 0.25) is 0 Å². The molecule has 0 saturated carbocycles. The molecule has 2 rings (SSSR count). The number of nitrogen functional groups attached to an aromatic ring is 1. The fourth-order valence-corrected chi connectivity index (χ4v) is 2.36. The Morgan fingerprint density at radius 1 is 1.43 bits per heavy atom. The molecule has 0 bridgehead atoms. The number of hydrazine groups is 1. The Labute approximate surface area is 120 Å². The second kappa shape index (κ2) is 6.44. The van der Waals surface area contributed by atoms with E-state index in [9.17, 15) is 13.2 Å². The number of nitrogens with zero attached hydrogens (tertiary/aromatic N) is 2. The number of halogens is 3. The summed E-state index contributed by atoms with van der Waals surface area (Å²) in [5.74, 6) is 5.17. The largest absolute Gasteiger partial charge is 0.433 e. The maximum absolute atomic E-state index is 12.7. The molecular formula is C12H18F3N5O. The van der Waals surface area contributed by atoms with Gasteiger partial charge in [-0.1, -0.05) is 6.92 Å². The molecule has 1 aromatic heterocycles. The highest BCUT2D eigenvalue weighted by atomic mass is 19.4. The van der Waals surface area contributed by atoms with Crippen LogP contribution in [0.4, 0.5) is 24.9 Å². The zero-order valence-electron chi connectivity index (χ0n) is 11.6. The summed E-state index contributed by atoms with van der Waals surface area (Å²) in [6, 6.07) is 0.873. The Balaban J connectivity index is 2.09. The van der Waals surface area contributed by atoms with Crippen LogP contribution in [0.5, 0.6) is 0 Å². The second-order valence-corrected chi connectivity index (χ2v) is 4.85. The highest BCUT2D eigenvalue weighted by molar-refractivity contribution is 5.42. The lowest BCUT2D eigenvalue weighted by Crippen LogP contribution is -2.24. The van der Waals surface area contributed by atoms with Crippen LogP contribution >= 0.6 is 0 Å². The molecule has 1 aromatic rings. The molecule has 0 aliphatic carbocycles. The molecule has 4 N–H and O–H groups in total. The van der Waals surface area contributed by atoms with Gasteiger partial charge in [0, 0.05) is 25.1 Å². The zero-order chi connectivity index (χ0) is 15.5. The zero-order valence-corrected chi connectivity index (χ0v) is 11.6. The quantitative estimate of drug-likeness (QED) is 0.570. The van der Waals surface area contributed by atoms with Crippen molar-refractivity contribution in [2.24, 2.45) is 11.8 Å². The van der Waals surface area contributed by atoms with E-state index >= 15 is 0 Å². The number of hydrogen-bond donors (Lipinski definition) is 3. The van der Waals surface area contributed by atoms with Crippen LogP contribution in [0.3, 0.4) is 0 Å². The lowest BCUT2D eigenvalue weighted by atomic mass is 10.00. The van der Waals surface area contributed by atoms with Crippen molar-refractivity contribution in [2.45, 2.75) is 32.0 Å². The molecule has 0 spiro atoms. The third kappa shape index (κ3) is 3.94. The normalized spacial score (nSPS) is 22.3. The summed E-state index contributed by atoms with van der Waals surface area (Å²) in [4.78, 5) is 7.18. The van der Waals surface area contributed by atoms with Gasteiger partial charge in [0.25, 0.3) is 0 Å². The van der Waals surface area contributed by atoms with E-state index in [2.05, 4.69) is 15.3 Å². The third-order valence-corrected chi connectivity index (χ3v) is 3.44. The summed E-state index contributed by atoms with van der Waals surface area (Å²) in [5.41, 5.74) is 1.00. The van der Waals surface area contributed by atoms with Crippen molar-refractivity contribution in [3.63, 3.8) is 0 Å². The average molecular weight is 305 g/mol. The van der Waals surface area contributed by atoms with Crippen molar-refractivity contribution >= 4 is 11.8 Å². The first-order valence-electron chi connectivity index (χ1n) is 6.72. The lowest BCUT2D eigenvalue weighted by molar-refractivity contribution is -0.141. The van der Waals surface area contributed by atoms with Crippen molar-refractivity contribution in [3.05, 3.63) is 11.8 Å². The van der Waals surface area contributed by atoms with Gasteiger partial charge < -0.3 is 10.1 Å². The number of hydrogen-bond acceptors (Lipinski definition) is 6. The summed E-state index contributed by atoms with van der Waals surface area (Å²) in [6.07, 6.45) is -2.66. The van der Waals surface area contributed by atoms with Gasteiger partial charge in [-0.15, -0.1) is 0 Å². The van der Waals surface area contributed by atoms with Gasteiger partial charge in [0.2, 0.25) is 5.95 Å². The Morgan fingerprint density at radius 2 is 2.19 bits per heavy atom. The van der Waals surface area contributed by atoms with Gasteiger partial charge in [-0.25, -0.2) is 10.8 Å². The fourth-order valence-electron chi connectivity index (χ4n) is 2.36. The van der Waals surface area contributed by atoms with Crippen molar-refractivity contribution < 1.29 is 17.9 Å². The summed E-state index contributed by atoms with van der Waals surface area (Å²) in [6.45, 7) is 3.20. The highest BCUT2D eigenvalue weighted by Gasteiger charge is 2.34. The number of ether oxygens (including phenoxy) is 1. The molecule has 118 valence electrons. The minimum atomic E-state index is -4.55. The summed E-state index contributed by atoms with van der Waals surface area (Å²) in [7, 11) is 0. The molecule has 1 fully saturated rings. The SMILES string of the molecule is CCC1OCCC1CNc1cc(C(F)(F)F)nc(NN)n1. The molecule has 2 atom stereocenters. The monoisotopic (exact) mass is 305 g/mol. The fraction of sp³-hybridized carbons (Fsp3) is 0.667. The molecule has 0 aromatic carbocycles. The predicted molar refractivity (Wildman–Crippen MR) is 71.5 cm³/mol. The molecule has 6 nitrogen and oxygen atoms in total. The van der Waals surface area contributed by atoms with Crippen LogP contribution in [0.25, 0.3) is 0 Å². The van der Waals surface area contributed by atoms with Gasteiger partial charge in [-0.3, -0.25) is 5.43 Å². The van der Waals surface area contributed by atoms with Crippen LogP contribution in [-0.2, 0) is 10.9 Å². The number of nitrogens with one attached hydrogen (secondary N) is 2. The Hall–Kier alpha value is -1.61. The van der Waals surface area contributed by atoms with E-state index in [1.54, 1.807) is 0 Å². The van der Waals surface area contributed by atoms with E-state index in [1.807, 2.05) is 12.3 Å². The van der Waals surface area contributed by atoms with Crippen molar-refractivity contribution in [1.82, 2.24) is 9.97 Å². The van der Waals surface area contributed by atoms with E-state index in [0.717, 1.165) is 18.9 Å². The smallest absolute Gasteiger partial charge is 0.378 e. The molecule has 1 aliphatic heterocycles. The molecule has 1 saturated heterocycles. The topological polar surface area (TPSA) is 85.1 Å². The number of alkyl halides is 3. The van der Waals surface area contributed by atoms with Crippen LogP contribution in [0.15, 0.2) is 6.07 Å². The van der Waals surface area contributed by atoms with Crippen LogP contribution in [0, 0.1) is 5.92 Å². The molecule has 1 aliphatic rings. The van der Waals surface area contributed by atoms with Gasteiger partial charge in [-0.05, 0) is 12.8 Å². The predicted octanol–water partition coefficient (Wildman–Crippen LogP) is 2.01. The lowest BCUT2D eigenvalue weighted by Gasteiger charge is -2.18. The van der Waals surface area contributed by atoms with Crippen molar-refractivity contribution in [3.8, 4) is 0 Å². The van der Waals surface area contributed by atoms with E-state index in [1.165, 1.54) is 0 Å². The molecule has 9 heteroatoms. The van der Waals surface area contributed by atoms with E-state index in [-0.39, 0.29) is 23.8 Å². The number of rotatable bonds is 5. The maximum Gasteiger partial charge on any atom is 0.433 e. The molecule has 2 heterocycles. The Bertz CT molecular complexity index is 482. The Morgan fingerprint density at radius 3 is 2.81 bits per heavy atom. The molecule has 0 amide bonds. The van der Waals surface area contributed by atoms with Gasteiger partial charge in [0.05, 0.1) is 6.10 Å². The van der Waals surface area contributed by atoms with E-state index in [0.29, 0.717) is 13.2 Å². The van der Waals surface area contributed by atoms with E-state index < -0.39 is 11.9 Å². The standard InChI is InChI=1S/C12H18F3N5O/c1-2-8-7(3-4-21-8)6-17-10-5-9(12(13,14)15)18-11(19-10)20-16/h5,7-8H,2-4,6,16H2,1H3,(H2,17,18,19,20). The molecule has 21 heavy (non-hydrogen) atoms. The molecule has 2 unspecified atom stereocenters. The maximum atomic E-state index is 12.7. The first-order valence-corrected chi connectivity index (χ1v) is 6.72. The number of nitrogens with two attached hydrogens (primary N) is 1. The Kier molecular flexibility index (Phi) is 4.84. The van der Waals surface area contributed by atoms with Gasteiger partial charge in [-0.2, -0.15) is 18.2 Å². The minimum Gasteiger partial charge on any atom is -0.378 e. The van der Waals surface area contributed by atoms with Gasteiger partial charge >= 0.3 is 6.18 Å². The van der Waals surface area contributed by atoms with Crippen molar-refractivity contribution in [1.29, 1.82) is 0 Å². The van der Waals surface area contributed by atoms with Crippen molar-refractivity contribution in [2.75, 3.05) is 23.9 Å². The molecule has 0 radical (unpaired) electrons. The van der Waals surface area contributed by atoms with Gasteiger partial charge in [0.1, 0.15) is 5.82 Å². The molecular weight excluding hydrogens is 287 g/mol. The van der Waals surface area contributed by atoms with Crippen LogP contribution in [-0.4, -0.2) is 29.2 Å². The van der Waals surface area contributed by atoms with Crippen LogP contribution < -0.4 is 16.6 Å². The first-order chi connectivity index (χ1) is 9.94. The van der Waals surface area contributed by atoms with E-state index in [4.69, 9.17) is 10.6 Å². The van der Waals surface area contributed by atoms with Gasteiger partial charge in [0.15, 0.2) is 5.69 Å². The summed E-state index contributed by atoms with van der Waals surface area (Å²) < 4.78 is 43.7. The number of aromatic nitrogens is 2. The average Bonchev–Trinajstić information content (AvgIpc) is 2.91. The summed E-state index contributed by atoms with van der Waals surface area (Å²) >= 11 is 0.